The molecule has 2 aromatic rings. The molecule has 20 heavy (non-hydrogen) atoms. The van der Waals surface area contributed by atoms with E-state index in [2.05, 4.69) is 5.32 Å². The Bertz CT molecular complexity index is 613. The second-order valence-electron chi connectivity index (χ2n) is 3.90. The SMILES string of the molecule is Fc1cc(F)c(F)c(NCc2c(F)cccc2Cl)c1F. The van der Waals surface area contributed by atoms with Crippen molar-refractivity contribution < 1.29 is 22.0 Å². The summed E-state index contributed by atoms with van der Waals surface area (Å²) in [7, 11) is 0. The molecule has 0 heterocycles. The number of halogens is 6. The minimum absolute atomic E-state index is 0.0233. The van der Waals surface area contributed by atoms with Crippen LogP contribution in [0.3, 0.4) is 0 Å². The Morgan fingerprint density at radius 2 is 1.50 bits per heavy atom. The van der Waals surface area contributed by atoms with Crippen LogP contribution in [0.2, 0.25) is 5.02 Å². The van der Waals surface area contributed by atoms with Crippen molar-refractivity contribution in [2.24, 2.45) is 0 Å². The first-order valence-corrected chi connectivity index (χ1v) is 5.79. The highest BCUT2D eigenvalue weighted by atomic mass is 35.5. The van der Waals surface area contributed by atoms with E-state index in [1.807, 2.05) is 0 Å². The van der Waals surface area contributed by atoms with Gasteiger partial charge < -0.3 is 5.32 Å². The van der Waals surface area contributed by atoms with Crippen LogP contribution < -0.4 is 5.32 Å². The number of benzene rings is 2. The van der Waals surface area contributed by atoms with Crippen LogP contribution >= 0.6 is 11.6 Å². The van der Waals surface area contributed by atoms with E-state index in [1.54, 1.807) is 0 Å². The maximum absolute atomic E-state index is 13.5. The molecule has 0 aliphatic heterocycles. The monoisotopic (exact) mass is 307 g/mol. The molecule has 0 fully saturated rings. The van der Waals surface area contributed by atoms with Gasteiger partial charge in [-0.1, -0.05) is 17.7 Å². The van der Waals surface area contributed by atoms with Gasteiger partial charge in [0.25, 0.3) is 0 Å². The summed E-state index contributed by atoms with van der Waals surface area (Å²) < 4.78 is 66.2. The molecule has 0 spiro atoms. The van der Waals surface area contributed by atoms with Crippen molar-refractivity contribution in [2.45, 2.75) is 6.54 Å². The first-order chi connectivity index (χ1) is 9.41. The second kappa shape index (κ2) is 5.66. The number of hydrogen-bond acceptors (Lipinski definition) is 1. The van der Waals surface area contributed by atoms with Crippen molar-refractivity contribution in [3.8, 4) is 0 Å². The Morgan fingerprint density at radius 3 is 2.05 bits per heavy atom. The normalized spacial score (nSPS) is 10.7. The Morgan fingerprint density at radius 1 is 0.900 bits per heavy atom. The van der Waals surface area contributed by atoms with Crippen molar-refractivity contribution in [1.82, 2.24) is 0 Å². The number of rotatable bonds is 3. The van der Waals surface area contributed by atoms with Crippen molar-refractivity contribution in [1.29, 1.82) is 0 Å². The van der Waals surface area contributed by atoms with Gasteiger partial charge in [0.1, 0.15) is 11.5 Å². The molecule has 0 saturated heterocycles. The van der Waals surface area contributed by atoms with E-state index < -0.39 is 41.3 Å². The Balaban J connectivity index is 2.32. The Labute approximate surface area is 116 Å². The largest absolute Gasteiger partial charge is 0.376 e. The van der Waals surface area contributed by atoms with Crippen molar-refractivity contribution >= 4 is 17.3 Å². The molecular weight excluding hydrogens is 301 g/mol. The van der Waals surface area contributed by atoms with Gasteiger partial charge in [-0.25, -0.2) is 22.0 Å². The highest BCUT2D eigenvalue weighted by Crippen LogP contribution is 2.26. The summed E-state index contributed by atoms with van der Waals surface area (Å²) in [5, 5.41) is 2.13. The van der Waals surface area contributed by atoms with Crippen LogP contribution in [-0.2, 0) is 6.54 Å². The molecule has 0 atom stereocenters. The van der Waals surface area contributed by atoms with E-state index in [0.29, 0.717) is 0 Å². The number of nitrogens with one attached hydrogen (secondary N) is 1. The molecule has 7 heteroatoms. The molecule has 0 aliphatic rings. The maximum Gasteiger partial charge on any atom is 0.185 e. The fourth-order valence-corrected chi connectivity index (χ4v) is 1.84. The van der Waals surface area contributed by atoms with Gasteiger partial charge in [-0.05, 0) is 12.1 Å². The lowest BCUT2D eigenvalue weighted by atomic mass is 10.2. The summed E-state index contributed by atoms with van der Waals surface area (Å²) in [6, 6.07) is 3.92. The topological polar surface area (TPSA) is 12.0 Å². The minimum Gasteiger partial charge on any atom is -0.376 e. The first kappa shape index (κ1) is 14.6. The van der Waals surface area contributed by atoms with Gasteiger partial charge >= 0.3 is 0 Å². The summed E-state index contributed by atoms with van der Waals surface area (Å²) >= 11 is 5.72. The first-order valence-electron chi connectivity index (χ1n) is 5.41. The highest BCUT2D eigenvalue weighted by Gasteiger charge is 2.19. The minimum atomic E-state index is -1.59. The van der Waals surface area contributed by atoms with E-state index in [9.17, 15) is 22.0 Å². The van der Waals surface area contributed by atoms with E-state index in [0.717, 1.165) is 6.07 Å². The second-order valence-corrected chi connectivity index (χ2v) is 4.30. The van der Waals surface area contributed by atoms with Gasteiger partial charge in [0, 0.05) is 23.2 Å². The average molecular weight is 308 g/mol. The summed E-state index contributed by atoms with van der Waals surface area (Å²) in [6.07, 6.45) is 0. The molecule has 0 aliphatic carbocycles. The van der Waals surface area contributed by atoms with Crippen molar-refractivity contribution in [2.75, 3.05) is 5.32 Å². The number of hydrogen-bond donors (Lipinski definition) is 1. The lowest BCUT2D eigenvalue weighted by molar-refractivity contribution is 0.458. The van der Waals surface area contributed by atoms with Crippen LogP contribution in [0.15, 0.2) is 24.3 Å². The zero-order chi connectivity index (χ0) is 14.9. The summed E-state index contributed by atoms with van der Waals surface area (Å²) in [5.74, 6) is -6.98. The van der Waals surface area contributed by atoms with Gasteiger partial charge in [-0.3, -0.25) is 0 Å². The van der Waals surface area contributed by atoms with Gasteiger partial charge in [0.15, 0.2) is 23.3 Å². The van der Waals surface area contributed by atoms with Gasteiger partial charge in [-0.15, -0.1) is 0 Å². The zero-order valence-corrected chi connectivity index (χ0v) is 10.5. The molecule has 0 bridgehead atoms. The quantitative estimate of drug-likeness (QED) is 0.643. The summed E-state index contributed by atoms with van der Waals surface area (Å²) in [4.78, 5) is 0. The number of anilines is 1. The van der Waals surface area contributed by atoms with E-state index in [4.69, 9.17) is 11.6 Å². The van der Waals surface area contributed by atoms with Crippen molar-refractivity contribution in [3.63, 3.8) is 0 Å². The zero-order valence-electron chi connectivity index (χ0n) is 9.78. The molecule has 2 rings (SSSR count). The van der Waals surface area contributed by atoms with Crippen molar-refractivity contribution in [3.05, 3.63) is 63.9 Å². The molecule has 0 saturated carbocycles. The predicted octanol–water partition coefficient (Wildman–Crippen LogP) is 4.65. The molecule has 0 unspecified atom stereocenters. The fourth-order valence-electron chi connectivity index (χ4n) is 1.61. The average Bonchev–Trinajstić information content (AvgIpc) is 2.39. The third-order valence-electron chi connectivity index (χ3n) is 2.62. The van der Waals surface area contributed by atoms with E-state index in [1.165, 1.54) is 12.1 Å². The predicted molar refractivity (Wildman–Crippen MR) is 65.0 cm³/mol. The van der Waals surface area contributed by atoms with E-state index in [-0.39, 0.29) is 16.7 Å². The lowest BCUT2D eigenvalue weighted by Crippen LogP contribution is -2.08. The molecule has 0 amide bonds. The summed E-state index contributed by atoms with van der Waals surface area (Å²) in [6.45, 7) is -0.428. The molecular formula is C13H7ClF5N. The third-order valence-corrected chi connectivity index (χ3v) is 2.97. The summed E-state index contributed by atoms with van der Waals surface area (Å²) in [5.41, 5.74) is -1.08. The molecule has 0 radical (unpaired) electrons. The third kappa shape index (κ3) is 2.70. The molecule has 1 N–H and O–H groups in total. The smallest absolute Gasteiger partial charge is 0.185 e. The van der Waals surface area contributed by atoms with Gasteiger partial charge in [0.2, 0.25) is 0 Å². The van der Waals surface area contributed by atoms with Crippen LogP contribution in [0.4, 0.5) is 27.6 Å². The Kier molecular flexibility index (Phi) is 4.13. The fraction of sp³-hybridized carbons (Fsp3) is 0.0769. The molecule has 2 aromatic carbocycles. The molecule has 0 aromatic heterocycles. The maximum atomic E-state index is 13.5. The Hall–Kier alpha value is -1.82. The van der Waals surface area contributed by atoms with Crippen LogP contribution in [0.25, 0.3) is 0 Å². The van der Waals surface area contributed by atoms with Crippen LogP contribution in [0.5, 0.6) is 0 Å². The molecule has 1 nitrogen and oxygen atoms in total. The lowest BCUT2D eigenvalue weighted by Gasteiger charge is -2.11. The van der Waals surface area contributed by atoms with Gasteiger partial charge in [-0.2, -0.15) is 0 Å². The van der Waals surface area contributed by atoms with Crippen LogP contribution in [-0.4, -0.2) is 0 Å². The van der Waals surface area contributed by atoms with Crippen LogP contribution in [0.1, 0.15) is 5.56 Å². The standard InChI is InChI=1S/C13H7ClF5N/c14-7-2-1-3-8(15)6(7)5-20-13-11(18)9(16)4-10(17)12(13)19/h1-4,20H,5H2. The highest BCUT2D eigenvalue weighted by molar-refractivity contribution is 6.31. The molecule has 106 valence electrons. The van der Waals surface area contributed by atoms with Crippen LogP contribution in [0, 0.1) is 29.1 Å². The van der Waals surface area contributed by atoms with E-state index >= 15 is 0 Å². The van der Waals surface area contributed by atoms with Gasteiger partial charge in [0.05, 0.1) is 0 Å².